The van der Waals surface area contributed by atoms with Gasteiger partial charge in [0.25, 0.3) is 5.91 Å². The summed E-state index contributed by atoms with van der Waals surface area (Å²) < 4.78 is 0. The van der Waals surface area contributed by atoms with Crippen LogP contribution in [0.15, 0.2) is 24.3 Å². The second-order valence-corrected chi connectivity index (χ2v) is 7.47. The Labute approximate surface area is 168 Å². The van der Waals surface area contributed by atoms with E-state index in [-0.39, 0.29) is 30.3 Å². The van der Waals surface area contributed by atoms with Crippen molar-refractivity contribution in [3.63, 3.8) is 0 Å². The summed E-state index contributed by atoms with van der Waals surface area (Å²) >= 11 is 0. The number of amides is 2. The van der Waals surface area contributed by atoms with Gasteiger partial charge in [-0.05, 0) is 38.3 Å². The molecule has 0 spiro atoms. The van der Waals surface area contributed by atoms with Crippen molar-refractivity contribution in [2.45, 2.75) is 38.8 Å². The van der Waals surface area contributed by atoms with Crippen molar-refractivity contribution in [2.24, 2.45) is 0 Å². The normalized spacial score (nSPS) is 21.4. The third-order valence-corrected chi connectivity index (χ3v) is 5.55. The Kier molecular flexibility index (Phi) is 8.07. The zero-order valence-corrected chi connectivity index (χ0v) is 17.1. The minimum Gasteiger partial charge on any atom is -0.349 e. The number of nitrogens with zero attached hydrogens (tertiary/aromatic N) is 2. The number of carbonyl (C=O) groups is 2. The SMILES string of the molecule is Cc1ccccc1C(=O)NC1CCN(C(=O)CN2CCNC[C@@H]2C)CC1.Cl. The van der Waals surface area contributed by atoms with Crippen molar-refractivity contribution in [1.29, 1.82) is 0 Å². The van der Waals surface area contributed by atoms with Crippen LogP contribution in [0.2, 0.25) is 0 Å². The standard InChI is InChI=1S/C20H30N4O2.ClH/c1-15-5-3-4-6-18(15)20(26)22-17-7-10-23(11-8-17)19(25)14-24-12-9-21-13-16(24)2;/h3-6,16-17,21H,7-14H2,1-2H3,(H,22,26);1H/t16-;/m0./s1. The summed E-state index contributed by atoms with van der Waals surface area (Å²) in [7, 11) is 0. The van der Waals surface area contributed by atoms with Crippen molar-refractivity contribution in [1.82, 2.24) is 20.4 Å². The molecule has 0 unspecified atom stereocenters. The van der Waals surface area contributed by atoms with Crippen LogP contribution in [0.3, 0.4) is 0 Å². The Morgan fingerprint density at radius 1 is 1.19 bits per heavy atom. The van der Waals surface area contributed by atoms with E-state index < -0.39 is 0 Å². The molecule has 1 aromatic carbocycles. The molecule has 27 heavy (non-hydrogen) atoms. The summed E-state index contributed by atoms with van der Waals surface area (Å²) in [5.74, 6) is 0.199. The van der Waals surface area contributed by atoms with Gasteiger partial charge in [-0.1, -0.05) is 18.2 Å². The van der Waals surface area contributed by atoms with Gasteiger partial charge < -0.3 is 15.5 Å². The summed E-state index contributed by atoms with van der Waals surface area (Å²) in [6.07, 6.45) is 1.64. The molecule has 2 heterocycles. The van der Waals surface area contributed by atoms with Crippen molar-refractivity contribution >= 4 is 24.2 Å². The number of carbonyl (C=O) groups excluding carboxylic acids is 2. The number of piperazine rings is 1. The molecular weight excluding hydrogens is 364 g/mol. The monoisotopic (exact) mass is 394 g/mol. The molecule has 2 fully saturated rings. The van der Waals surface area contributed by atoms with Gasteiger partial charge in [0.05, 0.1) is 6.54 Å². The molecule has 150 valence electrons. The quantitative estimate of drug-likeness (QED) is 0.810. The van der Waals surface area contributed by atoms with E-state index in [1.54, 1.807) is 0 Å². The summed E-state index contributed by atoms with van der Waals surface area (Å²) in [5.41, 5.74) is 1.72. The number of piperidine rings is 1. The largest absolute Gasteiger partial charge is 0.349 e. The van der Waals surface area contributed by atoms with Gasteiger partial charge in [-0.25, -0.2) is 0 Å². The number of nitrogens with one attached hydrogen (secondary N) is 2. The molecule has 0 bridgehead atoms. The fourth-order valence-corrected chi connectivity index (χ4v) is 3.76. The topological polar surface area (TPSA) is 64.7 Å². The molecule has 2 aliphatic rings. The van der Waals surface area contributed by atoms with Gasteiger partial charge in [0.1, 0.15) is 0 Å². The predicted molar refractivity (Wildman–Crippen MR) is 109 cm³/mol. The van der Waals surface area contributed by atoms with Gasteiger partial charge in [0.15, 0.2) is 0 Å². The third-order valence-electron chi connectivity index (χ3n) is 5.55. The summed E-state index contributed by atoms with van der Waals surface area (Å²) in [4.78, 5) is 29.2. The van der Waals surface area contributed by atoms with Crippen LogP contribution in [-0.4, -0.2) is 73.0 Å². The molecule has 0 saturated carbocycles. The first-order valence-corrected chi connectivity index (χ1v) is 9.63. The molecule has 2 saturated heterocycles. The average molecular weight is 395 g/mol. The lowest BCUT2D eigenvalue weighted by Gasteiger charge is -2.37. The van der Waals surface area contributed by atoms with E-state index in [0.717, 1.165) is 56.7 Å². The number of rotatable bonds is 4. The highest BCUT2D eigenvalue weighted by Crippen LogP contribution is 2.14. The first-order chi connectivity index (χ1) is 12.5. The van der Waals surface area contributed by atoms with Crippen molar-refractivity contribution in [3.8, 4) is 0 Å². The zero-order valence-electron chi connectivity index (χ0n) is 16.2. The highest BCUT2D eigenvalue weighted by atomic mass is 35.5. The highest BCUT2D eigenvalue weighted by molar-refractivity contribution is 5.95. The molecule has 2 amide bonds. The van der Waals surface area contributed by atoms with E-state index >= 15 is 0 Å². The molecule has 2 N–H and O–H groups in total. The van der Waals surface area contributed by atoms with Crippen LogP contribution >= 0.6 is 12.4 Å². The van der Waals surface area contributed by atoms with E-state index in [1.807, 2.05) is 36.1 Å². The maximum absolute atomic E-state index is 12.6. The lowest BCUT2D eigenvalue weighted by atomic mass is 10.0. The van der Waals surface area contributed by atoms with Crippen LogP contribution < -0.4 is 10.6 Å². The maximum atomic E-state index is 12.6. The maximum Gasteiger partial charge on any atom is 0.251 e. The predicted octanol–water partition coefficient (Wildman–Crippen LogP) is 1.43. The van der Waals surface area contributed by atoms with Gasteiger partial charge in [-0.15, -0.1) is 12.4 Å². The van der Waals surface area contributed by atoms with Crippen LogP contribution in [0, 0.1) is 6.92 Å². The third kappa shape index (κ3) is 5.67. The molecule has 6 nitrogen and oxygen atoms in total. The minimum atomic E-state index is -0.0116. The first-order valence-electron chi connectivity index (χ1n) is 9.63. The van der Waals surface area contributed by atoms with Crippen LogP contribution in [0.4, 0.5) is 0 Å². The van der Waals surface area contributed by atoms with Crippen LogP contribution in [0.1, 0.15) is 35.7 Å². The zero-order chi connectivity index (χ0) is 18.5. The van der Waals surface area contributed by atoms with Crippen molar-refractivity contribution in [2.75, 3.05) is 39.3 Å². The fourth-order valence-electron chi connectivity index (χ4n) is 3.76. The molecule has 3 rings (SSSR count). The number of hydrogen-bond donors (Lipinski definition) is 2. The Hall–Kier alpha value is -1.63. The van der Waals surface area contributed by atoms with Crippen LogP contribution in [-0.2, 0) is 4.79 Å². The van der Waals surface area contributed by atoms with Crippen molar-refractivity contribution in [3.05, 3.63) is 35.4 Å². The molecule has 0 aliphatic carbocycles. The highest BCUT2D eigenvalue weighted by Gasteiger charge is 2.27. The smallest absolute Gasteiger partial charge is 0.251 e. The van der Waals surface area contributed by atoms with E-state index in [2.05, 4.69) is 22.5 Å². The van der Waals surface area contributed by atoms with Gasteiger partial charge in [-0.3, -0.25) is 14.5 Å². The number of hydrogen-bond acceptors (Lipinski definition) is 4. The van der Waals surface area contributed by atoms with Crippen LogP contribution in [0.5, 0.6) is 0 Å². The second-order valence-electron chi connectivity index (χ2n) is 7.47. The van der Waals surface area contributed by atoms with Gasteiger partial charge in [0.2, 0.25) is 5.91 Å². The molecular formula is C20H31ClN4O2. The van der Waals surface area contributed by atoms with E-state index in [4.69, 9.17) is 0 Å². The number of halogens is 1. The molecule has 0 aromatic heterocycles. The van der Waals surface area contributed by atoms with Gasteiger partial charge in [-0.2, -0.15) is 0 Å². The lowest BCUT2D eigenvalue weighted by Crippen LogP contribution is -2.54. The van der Waals surface area contributed by atoms with Gasteiger partial charge >= 0.3 is 0 Å². The fraction of sp³-hybridized carbons (Fsp3) is 0.600. The number of aryl methyl sites for hydroxylation is 1. The van der Waals surface area contributed by atoms with Crippen molar-refractivity contribution < 1.29 is 9.59 Å². The summed E-state index contributed by atoms with van der Waals surface area (Å²) in [6, 6.07) is 8.18. The van der Waals surface area contributed by atoms with E-state index in [0.29, 0.717) is 12.6 Å². The van der Waals surface area contributed by atoms with Gasteiger partial charge in [0, 0.05) is 50.4 Å². The average Bonchev–Trinajstić information content (AvgIpc) is 2.64. The number of benzene rings is 1. The molecule has 1 atom stereocenters. The molecule has 0 radical (unpaired) electrons. The van der Waals surface area contributed by atoms with Crippen LogP contribution in [0.25, 0.3) is 0 Å². The first kappa shape index (κ1) is 21.7. The molecule has 7 heteroatoms. The Morgan fingerprint density at radius 2 is 1.89 bits per heavy atom. The summed E-state index contributed by atoms with van der Waals surface area (Å²) in [6.45, 7) is 8.87. The minimum absolute atomic E-state index is 0. The molecule has 2 aliphatic heterocycles. The molecule has 1 aromatic rings. The van der Waals surface area contributed by atoms with E-state index in [1.165, 1.54) is 0 Å². The Balaban J connectivity index is 0.00000261. The second kappa shape index (κ2) is 10.1. The lowest BCUT2D eigenvalue weighted by molar-refractivity contribution is -0.134. The Bertz CT molecular complexity index is 647. The number of likely N-dealkylation sites (tertiary alicyclic amines) is 1. The van der Waals surface area contributed by atoms with E-state index in [9.17, 15) is 9.59 Å². The summed E-state index contributed by atoms with van der Waals surface area (Å²) in [5, 5.41) is 6.48. The Morgan fingerprint density at radius 3 is 2.56 bits per heavy atom.